The molecule has 0 saturated carbocycles. The molecule has 0 radical (unpaired) electrons. The number of likely N-dealkylation sites (tertiary alicyclic amines) is 1. The fraction of sp³-hybridized carbons (Fsp3) is 1.00. The van der Waals surface area contributed by atoms with Gasteiger partial charge in [0.1, 0.15) is 0 Å². The van der Waals surface area contributed by atoms with Gasteiger partial charge in [0.05, 0.1) is 0 Å². The van der Waals surface area contributed by atoms with Crippen molar-refractivity contribution in [2.45, 2.75) is 0 Å². The summed E-state index contributed by atoms with van der Waals surface area (Å²) in [6.07, 6.45) is 0. The van der Waals surface area contributed by atoms with Crippen molar-refractivity contribution >= 4 is 11.1 Å². The van der Waals surface area contributed by atoms with E-state index in [4.69, 9.17) is 5.73 Å². The average Bonchev–Trinajstić information content (AvgIpc) is 1.84. The van der Waals surface area contributed by atoms with E-state index in [0.29, 0.717) is 12.5 Å². The van der Waals surface area contributed by atoms with Gasteiger partial charge < -0.3 is 15.2 Å². The van der Waals surface area contributed by atoms with Crippen LogP contribution in [0.15, 0.2) is 0 Å². The van der Waals surface area contributed by atoms with Crippen LogP contribution < -0.4 is 5.73 Å². The highest BCUT2D eigenvalue weighted by atomic mass is 32.2. The van der Waals surface area contributed by atoms with Gasteiger partial charge in [0.15, 0.2) is 0 Å². The van der Waals surface area contributed by atoms with E-state index in [1.54, 1.807) is 0 Å². The molecule has 0 amide bonds. The van der Waals surface area contributed by atoms with Crippen molar-refractivity contribution in [2.24, 2.45) is 11.7 Å². The standard InChI is InChI=1S/C6H14N2O2S/c7-3-6-4-8(5-6)1-2-11(9)10/h6H,1-5,7H2,(H,9,10)/p-1. The predicted octanol–water partition coefficient (Wildman–Crippen LogP) is -1.24. The predicted molar refractivity (Wildman–Crippen MR) is 42.8 cm³/mol. The van der Waals surface area contributed by atoms with E-state index in [1.165, 1.54) is 0 Å². The van der Waals surface area contributed by atoms with E-state index in [1.807, 2.05) is 0 Å². The van der Waals surface area contributed by atoms with Gasteiger partial charge in [-0.25, -0.2) is 0 Å². The van der Waals surface area contributed by atoms with Gasteiger partial charge in [-0.15, -0.1) is 0 Å². The van der Waals surface area contributed by atoms with Crippen molar-refractivity contribution in [3.8, 4) is 0 Å². The lowest BCUT2D eigenvalue weighted by atomic mass is 10.0. The molecule has 1 heterocycles. The molecular weight excluding hydrogens is 164 g/mol. The fourth-order valence-electron chi connectivity index (χ4n) is 1.21. The van der Waals surface area contributed by atoms with Crippen molar-refractivity contribution in [2.75, 3.05) is 31.9 Å². The molecule has 0 aromatic carbocycles. The Hall–Kier alpha value is 0.0300. The number of hydrogen-bond donors (Lipinski definition) is 1. The highest BCUT2D eigenvalue weighted by molar-refractivity contribution is 7.79. The van der Waals surface area contributed by atoms with E-state index in [2.05, 4.69) is 4.90 Å². The van der Waals surface area contributed by atoms with Crippen molar-refractivity contribution in [1.29, 1.82) is 0 Å². The maximum Gasteiger partial charge on any atom is 0.0229 e. The normalized spacial score (nSPS) is 23.1. The smallest absolute Gasteiger partial charge is 0.0229 e. The van der Waals surface area contributed by atoms with Crippen LogP contribution in [0.3, 0.4) is 0 Å². The molecule has 0 aromatic rings. The highest BCUT2D eigenvalue weighted by Gasteiger charge is 2.24. The van der Waals surface area contributed by atoms with Gasteiger partial charge in [0.2, 0.25) is 0 Å². The number of nitrogens with zero attached hydrogens (tertiary/aromatic N) is 1. The number of hydrogen-bond acceptors (Lipinski definition) is 4. The van der Waals surface area contributed by atoms with Crippen LogP contribution in [0.5, 0.6) is 0 Å². The lowest BCUT2D eigenvalue weighted by Gasteiger charge is -2.38. The van der Waals surface area contributed by atoms with Gasteiger partial charge in [0, 0.05) is 25.4 Å². The van der Waals surface area contributed by atoms with E-state index >= 15 is 0 Å². The van der Waals surface area contributed by atoms with Crippen molar-refractivity contribution in [3.05, 3.63) is 0 Å². The van der Waals surface area contributed by atoms with Gasteiger partial charge in [-0.2, -0.15) is 0 Å². The van der Waals surface area contributed by atoms with E-state index in [0.717, 1.165) is 19.6 Å². The topological polar surface area (TPSA) is 69.4 Å². The first-order valence-electron chi connectivity index (χ1n) is 3.70. The Morgan fingerprint density at radius 1 is 1.64 bits per heavy atom. The van der Waals surface area contributed by atoms with Gasteiger partial charge in [-0.3, -0.25) is 4.21 Å². The molecule has 1 unspecified atom stereocenters. The van der Waals surface area contributed by atoms with E-state index in [-0.39, 0.29) is 5.75 Å². The number of rotatable bonds is 4. The molecular formula is C6H13N2O2S-. The Morgan fingerprint density at radius 3 is 2.73 bits per heavy atom. The van der Waals surface area contributed by atoms with Crippen LogP contribution in [-0.4, -0.2) is 45.6 Å². The largest absolute Gasteiger partial charge is 0.772 e. The first-order chi connectivity index (χ1) is 5.22. The van der Waals surface area contributed by atoms with Gasteiger partial charge in [0.25, 0.3) is 0 Å². The minimum absolute atomic E-state index is 0.247. The first-order valence-corrected chi connectivity index (χ1v) is 4.95. The van der Waals surface area contributed by atoms with Gasteiger partial charge >= 0.3 is 0 Å². The third-order valence-electron chi connectivity index (χ3n) is 1.94. The monoisotopic (exact) mass is 177 g/mol. The molecule has 4 nitrogen and oxygen atoms in total. The van der Waals surface area contributed by atoms with Crippen molar-refractivity contribution in [1.82, 2.24) is 4.90 Å². The van der Waals surface area contributed by atoms with Crippen LogP contribution in [0.4, 0.5) is 0 Å². The Balaban J connectivity index is 2.00. The molecule has 2 N–H and O–H groups in total. The fourth-order valence-corrected chi connectivity index (χ4v) is 1.62. The summed E-state index contributed by atoms with van der Waals surface area (Å²) in [7, 11) is 0. The summed E-state index contributed by atoms with van der Waals surface area (Å²) >= 11 is -1.89. The Kier molecular flexibility index (Phi) is 3.45. The van der Waals surface area contributed by atoms with Crippen LogP contribution in [0.1, 0.15) is 0 Å². The summed E-state index contributed by atoms with van der Waals surface area (Å²) in [5.74, 6) is 0.840. The molecule has 1 atom stereocenters. The first kappa shape index (κ1) is 9.12. The zero-order chi connectivity index (χ0) is 8.27. The molecule has 66 valence electrons. The molecule has 1 aliphatic heterocycles. The summed E-state index contributed by atoms with van der Waals surface area (Å²) < 4.78 is 20.3. The Bertz CT molecular complexity index is 148. The second-order valence-corrected chi connectivity index (χ2v) is 3.88. The summed E-state index contributed by atoms with van der Waals surface area (Å²) in [4.78, 5) is 2.10. The average molecular weight is 177 g/mol. The highest BCUT2D eigenvalue weighted by Crippen LogP contribution is 2.12. The second-order valence-electron chi connectivity index (χ2n) is 2.87. The van der Waals surface area contributed by atoms with Crippen LogP contribution >= 0.6 is 0 Å². The van der Waals surface area contributed by atoms with Crippen LogP contribution in [-0.2, 0) is 11.1 Å². The lowest BCUT2D eigenvalue weighted by Crippen LogP contribution is -2.50. The maximum atomic E-state index is 10.1. The Morgan fingerprint density at radius 2 is 2.27 bits per heavy atom. The molecule has 1 saturated heterocycles. The maximum absolute atomic E-state index is 10.1. The summed E-state index contributed by atoms with van der Waals surface area (Å²) in [6.45, 7) is 3.31. The zero-order valence-electron chi connectivity index (χ0n) is 6.36. The van der Waals surface area contributed by atoms with Gasteiger partial charge in [-0.05, 0) is 12.5 Å². The van der Waals surface area contributed by atoms with Crippen LogP contribution in [0.25, 0.3) is 0 Å². The van der Waals surface area contributed by atoms with Crippen LogP contribution in [0, 0.1) is 5.92 Å². The van der Waals surface area contributed by atoms with Crippen molar-refractivity contribution in [3.63, 3.8) is 0 Å². The second kappa shape index (κ2) is 4.15. The third-order valence-corrected chi connectivity index (χ3v) is 2.46. The molecule has 5 heteroatoms. The quantitative estimate of drug-likeness (QED) is 0.545. The molecule has 0 spiro atoms. The molecule has 1 fully saturated rings. The summed E-state index contributed by atoms with van der Waals surface area (Å²) in [6, 6.07) is 0. The molecule has 0 aliphatic carbocycles. The Labute approximate surface area is 69.0 Å². The van der Waals surface area contributed by atoms with Crippen LogP contribution in [0.2, 0.25) is 0 Å². The van der Waals surface area contributed by atoms with Crippen molar-refractivity contribution < 1.29 is 8.76 Å². The zero-order valence-corrected chi connectivity index (χ0v) is 7.18. The van der Waals surface area contributed by atoms with E-state index < -0.39 is 11.1 Å². The van der Waals surface area contributed by atoms with Gasteiger partial charge in [-0.1, -0.05) is 11.1 Å². The number of nitrogens with two attached hydrogens (primary N) is 1. The summed E-state index contributed by atoms with van der Waals surface area (Å²) in [5, 5.41) is 0. The molecule has 11 heavy (non-hydrogen) atoms. The molecule has 0 bridgehead atoms. The third kappa shape index (κ3) is 2.86. The van der Waals surface area contributed by atoms with E-state index in [9.17, 15) is 8.76 Å². The summed E-state index contributed by atoms with van der Waals surface area (Å²) in [5.41, 5.74) is 5.40. The molecule has 1 aliphatic rings. The molecule has 0 aromatic heterocycles. The molecule has 1 rings (SSSR count). The minimum atomic E-state index is -1.89. The SMILES string of the molecule is NCC1CN(CCS(=O)[O-])C1. The lowest BCUT2D eigenvalue weighted by molar-refractivity contribution is 0.114. The minimum Gasteiger partial charge on any atom is -0.772 e.